The molecule has 1 heterocycles. The summed E-state index contributed by atoms with van der Waals surface area (Å²) >= 11 is 3.12. The SMILES string of the molecule is CCC(N)C(Oc1ccc(Br)c(F)c1)c1cnn(C)c1. The van der Waals surface area contributed by atoms with E-state index >= 15 is 0 Å². The Kier molecular flexibility index (Phi) is 4.77. The number of hydrogen-bond donors (Lipinski definition) is 1. The minimum Gasteiger partial charge on any atom is -0.484 e. The van der Waals surface area contributed by atoms with Crippen molar-refractivity contribution in [2.24, 2.45) is 12.8 Å². The molecule has 1 aromatic heterocycles. The topological polar surface area (TPSA) is 53.1 Å². The number of hydrogen-bond acceptors (Lipinski definition) is 3. The van der Waals surface area contributed by atoms with Crippen molar-refractivity contribution in [3.05, 3.63) is 46.4 Å². The average molecular weight is 342 g/mol. The molecule has 20 heavy (non-hydrogen) atoms. The lowest BCUT2D eigenvalue weighted by Crippen LogP contribution is -2.31. The maximum Gasteiger partial charge on any atom is 0.142 e. The second kappa shape index (κ2) is 6.37. The van der Waals surface area contributed by atoms with E-state index in [2.05, 4.69) is 21.0 Å². The summed E-state index contributed by atoms with van der Waals surface area (Å²) in [7, 11) is 1.83. The fourth-order valence-electron chi connectivity index (χ4n) is 1.90. The zero-order valence-electron chi connectivity index (χ0n) is 11.4. The van der Waals surface area contributed by atoms with Crippen molar-refractivity contribution in [1.29, 1.82) is 0 Å². The number of aromatic nitrogens is 2. The Labute approximate surface area is 125 Å². The number of rotatable bonds is 5. The van der Waals surface area contributed by atoms with E-state index in [1.807, 2.05) is 20.2 Å². The third-order valence-corrected chi connectivity index (χ3v) is 3.71. The van der Waals surface area contributed by atoms with E-state index < -0.39 is 0 Å². The molecule has 2 unspecified atom stereocenters. The standard InChI is InChI=1S/C14H17BrFN3O/c1-3-13(17)14(9-7-18-19(2)8-9)20-10-4-5-11(15)12(16)6-10/h4-8,13-14H,3,17H2,1-2H3. The maximum absolute atomic E-state index is 13.5. The first-order valence-corrected chi connectivity index (χ1v) is 7.16. The average Bonchev–Trinajstić information content (AvgIpc) is 2.85. The van der Waals surface area contributed by atoms with E-state index in [1.165, 1.54) is 6.07 Å². The van der Waals surface area contributed by atoms with E-state index in [4.69, 9.17) is 10.5 Å². The number of nitrogens with two attached hydrogens (primary N) is 1. The van der Waals surface area contributed by atoms with E-state index in [0.29, 0.717) is 10.2 Å². The molecule has 0 saturated heterocycles. The molecule has 2 aromatic rings. The van der Waals surface area contributed by atoms with Crippen LogP contribution in [0.5, 0.6) is 5.75 Å². The molecule has 2 atom stereocenters. The molecule has 6 heteroatoms. The highest BCUT2D eigenvalue weighted by Crippen LogP contribution is 2.27. The molecule has 0 fully saturated rings. The van der Waals surface area contributed by atoms with E-state index in [-0.39, 0.29) is 18.0 Å². The Bertz CT molecular complexity index is 588. The van der Waals surface area contributed by atoms with Gasteiger partial charge in [0.15, 0.2) is 0 Å². The molecular weight excluding hydrogens is 325 g/mol. The van der Waals surface area contributed by atoms with Gasteiger partial charge in [-0.3, -0.25) is 4.68 Å². The first-order chi connectivity index (χ1) is 9.51. The molecule has 4 nitrogen and oxygen atoms in total. The molecule has 0 aliphatic rings. The minimum atomic E-state index is -0.363. The van der Waals surface area contributed by atoms with Gasteiger partial charge >= 0.3 is 0 Å². The van der Waals surface area contributed by atoms with Crippen molar-refractivity contribution < 1.29 is 9.13 Å². The molecule has 2 N–H and O–H groups in total. The Morgan fingerprint density at radius 3 is 2.80 bits per heavy atom. The summed E-state index contributed by atoms with van der Waals surface area (Å²) in [6.45, 7) is 1.99. The molecule has 2 rings (SSSR count). The summed E-state index contributed by atoms with van der Waals surface area (Å²) < 4.78 is 21.5. The highest BCUT2D eigenvalue weighted by Gasteiger charge is 2.22. The van der Waals surface area contributed by atoms with Gasteiger partial charge in [-0.1, -0.05) is 6.92 Å². The number of benzene rings is 1. The van der Waals surface area contributed by atoms with Gasteiger partial charge < -0.3 is 10.5 Å². The molecule has 0 amide bonds. The highest BCUT2D eigenvalue weighted by molar-refractivity contribution is 9.10. The number of nitrogens with zero attached hydrogens (tertiary/aromatic N) is 2. The van der Waals surface area contributed by atoms with Gasteiger partial charge in [-0.15, -0.1) is 0 Å². The van der Waals surface area contributed by atoms with Gasteiger partial charge in [-0.25, -0.2) is 4.39 Å². The molecule has 0 radical (unpaired) electrons. The zero-order chi connectivity index (χ0) is 14.7. The third kappa shape index (κ3) is 3.37. The van der Waals surface area contributed by atoms with Crippen LogP contribution in [0.2, 0.25) is 0 Å². The molecule has 0 aliphatic carbocycles. The third-order valence-electron chi connectivity index (χ3n) is 3.07. The molecule has 0 saturated carbocycles. The van der Waals surface area contributed by atoms with Crippen molar-refractivity contribution in [3.8, 4) is 5.75 Å². The second-order valence-electron chi connectivity index (χ2n) is 4.63. The van der Waals surface area contributed by atoms with E-state index in [9.17, 15) is 4.39 Å². The van der Waals surface area contributed by atoms with Gasteiger partial charge in [0.25, 0.3) is 0 Å². The van der Waals surface area contributed by atoms with Crippen LogP contribution >= 0.6 is 15.9 Å². The monoisotopic (exact) mass is 341 g/mol. The lowest BCUT2D eigenvalue weighted by atomic mass is 10.0. The Morgan fingerprint density at radius 1 is 1.50 bits per heavy atom. The predicted molar refractivity (Wildman–Crippen MR) is 78.9 cm³/mol. The summed E-state index contributed by atoms with van der Waals surface area (Å²) in [4.78, 5) is 0. The van der Waals surface area contributed by atoms with Gasteiger partial charge in [0, 0.05) is 30.9 Å². The van der Waals surface area contributed by atoms with Crippen LogP contribution in [0.15, 0.2) is 35.1 Å². The van der Waals surface area contributed by atoms with Gasteiger partial charge in [-0.05, 0) is 34.5 Å². The van der Waals surface area contributed by atoms with Crippen molar-refractivity contribution in [2.45, 2.75) is 25.5 Å². The highest BCUT2D eigenvalue weighted by atomic mass is 79.9. The summed E-state index contributed by atoms with van der Waals surface area (Å²) in [5.74, 6) is 0.0842. The summed E-state index contributed by atoms with van der Waals surface area (Å²) in [6, 6.07) is 4.47. The normalized spacial score (nSPS) is 14.1. The molecular formula is C14H17BrFN3O. The van der Waals surface area contributed by atoms with Gasteiger partial charge in [-0.2, -0.15) is 5.10 Å². The second-order valence-corrected chi connectivity index (χ2v) is 5.49. The van der Waals surface area contributed by atoms with Crippen molar-refractivity contribution >= 4 is 15.9 Å². The molecule has 0 aliphatic heterocycles. The molecule has 0 bridgehead atoms. The predicted octanol–water partition coefficient (Wildman–Crippen LogP) is 3.18. The Balaban J connectivity index is 2.25. The number of halogens is 2. The van der Waals surface area contributed by atoms with Crippen molar-refractivity contribution in [2.75, 3.05) is 0 Å². The van der Waals surface area contributed by atoms with Crippen LogP contribution < -0.4 is 10.5 Å². The van der Waals surface area contributed by atoms with Crippen LogP contribution in [0.25, 0.3) is 0 Å². The first kappa shape index (κ1) is 15.0. The van der Waals surface area contributed by atoms with E-state index in [0.717, 1.165) is 12.0 Å². The van der Waals surface area contributed by atoms with Crippen LogP contribution in [0.4, 0.5) is 4.39 Å². The lowest BCUT2D eigenvalue weighted by molar-refractivity contribution is 0.170. The smallest absolute Gasteiger partial charge is 0.142 e. The molecule has 108 valence electrons. The Hall–Kier alpha value is -1.40. The number of ether oxygens (including phenoxy) is 1. The summed E-state index contributed by atoms with van der Waals surface area (Å²) in [5.41, 5.74) is 6.99. The quantitative estimate of drug-likeness (QED) is 0.908. The van der Waals surface area contributed by atoms with Gasteiger partial charge in [0.1, 0.15) is 17.7 Å². The maximum atomic E-state index is 13.5. The lowest BCUT2D eigenvalue weighted by Gasteiger charge is -2.23. The number of aryl methyl sites for hydroxylation is 1. The fraction of sp³-hybridized carbons (Fsp3) is 0.357. The Morgan fingerprint density at radius 2 is 2.25 bits per heavy atom. The van der Waals surface area contributed by atoms with Crippen LogP contribution in [0.3, 0.4) is 0 Å². The summed E-state index contributed by atoms with van der Waals surface area (Å²) in [5, 5.41) is 4.13. The molecule has 0 spiro atoms. The fourth-order valence-corrected chi connectivity index (χ4v) is 2.15. The van der Waals surface area contributed by atoms with Crippen LogP contribution in [0.1, 0.15) is 25.0 Å². The zero-order valence-corrected chi connectivity index (χ0v) is 13.0. The van der Waals surface area contributed by atoms with Crippen LogP contribution in [-0.4, -0.2) is 15.8 Å². The van der Waals surface area contributed by atoms with Gasteiger partial charge in [0.05, 0.1) is 10.7 Å². The van der Waals surface area contributed by atoms with Crippen LogP contribution in [-0.2, 0) is 7.05 Å². The first-order valence-electron chi connectivity index (χ1n) is 6.37. The largest absolute Gasteiger partial charge is 0.484 e. The van der Waals surface area contributed by atoms with Crippen molar-refractivity contribution in [1.82, 2.24) is 9.78 Å². The van der Waals surface area contributed by atoms with Gasteiger partial charge in [0.2, 0.25) is 0 Å². The molecule has 1 aromatic carbocycles. The minimum absolute atomic E-state index is 0.189. The summed E-state index contributed by atoms with van der Waals surface area (Å²) in [6.07, 6.45) is 3.97. The van der Waals surface area contributed by atoms with Crippen LogP contribution in [0, 0.1) is 5.82 Å². The van der Waals surface area contributed by atoms with E-state index in [1.54, 1.807) is 23.0 Å². The van der Waals surface area contributed by atoms with Crippen molar-refractivity contribution in [3.63, 3.8) is 0 Å².